The number of halogens is 1. The average molecular weight is 345 g/mol. The van der Waals surface area contributed by atoms with Crippen LogP contribution in [0.25, 0.3) is 0 Å². The highest BCUT2D eigenvalue weighted by molar-refractivity contribution is 7.89. The number of nitrogens with two attached hydrogens (primary N) is 1. The summed E-state index contributed by atoms with van der Waals surface area (Å²) in [5.74, 6) is 0.584. The lowest BCUT2D eigenvalue weighted by Crippen LogP contribution is -2.25. The standard InChI is InChI=1S/C12H13ClN4O2S2/c1-17-5-4-15-11(17)7-16-21(18,19)10-6-8(12(14)20)2-3-9(10)13/h2-6,16H,7H2,1H3,(H2,14,20). The fourth-order valence-electron chi connectivity index (χ4n) is 1.67. The van der Waals surface area contributed by atoms with Crippen molar-refractivity contribution in [2.24, 2.45) is 12.8 Å². The molecule has 2 rings (SSSR count). The third kappa shape index (κ3) is 3.59. The highest BCUT2D eigenvalue weighted by atomic mass is 35.5. The van der Waals surface area contributed by atoms with Crippen molar-refractivity contribution in [3.63, 3.8) is 0 Å². The molecule has 1 heterocycles. The van der Waals surface area contributed by atoms with Gasteiger partial charge in [-0.2, -0.15) is 0 Å². The summed E-state index contributed by atoms with van der Waals surface area (Å²) >= 11 is 10.8. The zero-order valence-electron chi connectivity index (χ0n) is 11.1. The van der Waals surface area contributed by atoms with Crippen molar-refractivity contribution in [3.8, 4) is 0 Å². The number of imidazole rings is 1. The summed E-state index contributed by atoms with van der Waals surface area (Å²) in [6.07, 6.45) is 3.31. The smallest absolute Gasteiger partial charge is 0.242 e. The first-order valence-corrected chi connectivity index (χ1v) is 8.13. The Bertz CT molecular complexity index is 786. The molecule has 0 saturated carbocycles. The molecule has 0 spiro atoms. The van der Waals surface area contributed by atoms with Crippen LogP contribution < -0.4 is 10.5 Å². The van der Waals surface area contributed by atoms with Crippen molar-refractivity contribution < 1.29 is 8.42 Å². The average Bonchev–Trinajstić information content (AvgIpc) is 2.82. The lowest BCUT2D eigenvalue weighted by atomic mass is 10.2. The fourth-order valence-corrected chi connectivity index (χ4v) is 3.30. The van der Waals surface area contributed by atoms with Crippen LogP contribution in [-0.2, 0) is 23.6 Å². The fraction of sp³-hybridized carbons (Fsp3) is 0.167. The number of hydrogen-bond acceptors (Lipinski definition) is 4. The Morgan fingerprint density at radius 1 is 1.52 bits per heavy atom. The van der Waals surface area contributed by atoms with Gasteiger partial charge in [-0.15, -0.1) is 0 Å². The molecular weight excluding hydrogens is 332 g/mol. The van der Waals surface area contributed by atoms with E-state index in [-0.39, 0.29) is 21.5 Å². The number of sulfonamides is 1. The van der Waals surface area contributed by atoms with E-state index in [1.54, 1.807) is 30.1 Å². The van der Waals surface area contributed by atoms with Crippen LogP contribution in [0, 0.1) is 0 Å². The van der Waals surface area contributed by atoms with Crippen LogP contribution in [0.2, 0.25) is 5.02 Å². The predicted octanol–water partition coefficient (Wildman–Crippen LogP) is 1.19. The lowest BCUT2D eigenvalue weighted by molar-refractivity contribution is 0.577. The third-order valence-electron chi connectivity index (χ3n) is 2.85. The van der Waals surface area contributed by atoms with Gasteiger partial charge in [0.15, 0.2) is 0 Å². The Labute approximate surface area is 133 Å². The molecule has 0 aliphatic heterocycles. The largest absolute Gasteiger partial charge is 0.389 e. The second kappa shape index (κ2) is 6.10. The third-order valence-corrected chi connectivity index (χ3v) is 4.97. The van der Waals surface area contributed by atoms with Gasteiger partial charge >= 0.3 is 0 Å². The minimum atomic E-state index is -3.79. The first kappa shape index (κ1) is 15.9. The van der Waals surface area contributed by atoms with E-state index in [0.717, 1.165) is 0 Å². The number of benzene rings is 1. The first-order valence-electron chi connectivity index (χ1n) is 5.86. The maximum atomic E-state index is 12.3. The summed E-state index contributed by atoms with van der Waals surface area (Å²) in [7, 11) is -2.02. The van der Waals surface area contributed by atoms with E-state index in [4.69, 9.17) is 29.6 Å². The van der Waals surface area contributed by atoms with Gasteiger partial charge in [-0.3, -0.25) is 0 Å². The molecule has 0 aliphatic carbocycles. The van der Waals surface area contributed by atoms with Crippen LogP contribution in [0.5, 0.6) is 0 Å². The number of thiocarbonyl (C=S) groups is 1. The molecule has 0 amide bonds. The van der Waals surface area contributed by atoms with E-state index >= 15 is 0 Å². The highest BCUT2D eigenvalue weighted by Gasteiger charge is 2.19. The Balaban J connectivity index is 2.29. The summed E-state index contributed by atoms with van der Waals surface area (Å²) in [5, 5.41) is 0.0994. The monoisotopic (exact) mass is 344 g/mol. The number of hydrogen-bond donors (Lipinski definition) is 2. The van der Waals surface area contributed by atoms with Crippen LogP contribution in [-0.4, -0.2) is 23.0 Å². The Morgan fingerprint density at radius 2 is 2.24 bits per heavy atom. The SMILES string of the molecule is Cn1ccnc1CNS(=O)(=O)c1cc(C(N)=S)ccc1Cl. The summed E-state index contributed by atoms with van der Waals surface area (Å²) in [5.41, 5.74) is 5.94. The van der Waals surface area contributed by atoms with Crippen molar-refractivity contribution in [1.29, 1.82) is 0 Å². The van der Waals surface area contributed by atoms with Crippen molar-refractivity contribution in [3.05, 3.63) is 47.0 Å². The topological polar surface area (TPSA) is 90.0 Å². The summed E-state index contributed by atoms with van der Waals surface area (Å²) < 4.78 is 28.8. The number of rotatable bonds is 5. The van der Waals surface area contributed by atoms with Crippen LogP contribution in [0.3, 0.4) is 0 Å². The maximum Gasteiger partial charge on any atom is 0.242 e. The second-order valence-corrected chi connectivity index (χ2v) is 6.87. The summed E-state index contributed by atoms with van der Waals surface area (Å²) in [6.45, 7) is 0.0550. The quantitative estimate of drug-likeness (QED) is 0.795. The van der Waals surface area contributed by atoms with Gasteiger partial charge in [-0.1, -0.05) is 29.9 Å². The first-order chi connectivity index (χ1) is 9.81. The molecule has 1 aromatic carbocycles. The van der Waals surface area contributed by atoms with Gasteiger partial charge in [0.1, 0.15) is 15.7 Å². The summed E-state index contributed by atoms with van der Waals surface area (Å²) in [6, 6.07) is 4.37. The van der Waals surface area contributed by atoms with E-state index in [0.29, 0.717) is 11.4 Å². The molecule has 6 nitrogen and oxygen atoms in total. The van der Waals surface area contributed by atoms with Crippen LogP contribution in [0.15, 0.2) is 35.5 Å². The van der Waals surface area contributed by atoms with Gasteiger partial charge in [0.05, 0.1) is 11.6 Å². The number of aromatic nitrogens is 2. The molecule has 0 unspecified atom stereocenters. The maximum absolute atomic E-state index is 12.3. The molecular formula is C12H13ClN4O2S2. The molecule has 2 aromatic rings. The van der Waals surface area contributed by atoms with E-state index < -0.39 is 10.0 Å². The van der Waals surface area contributed by atoms with Gasteiger partial charge in [0.2, 0.25) is 10.0 Å². The molecule has 0 saturated heterocycles. The second-order valence-electron chi connectivity index (χ2n) is 4.29. The van der Waals surface area contributed by atoms with Crippen LogP contribution in [0.4, 0.5) is 0 Å². The normalized spacial score (nSPS) is 11.5. The minimum Gasteiger partial charge on any atom is -0.389 e. The lowest BCUT2D eigenvalue weighted by Gasteiger charge is -2.10. The molecule has 112 valence electrons. The van der Waals surface area contributed by atoms with Crippen LogP contribution in [0.1, 0.15) is 11.4 Å². The molecule has 0 fully saturated rings. The van der Waals surface area contributed by atoms with Gasteiger partial charge in [0.25, 0.3) is 0 Å². The Morgan fingerprint density at radius 3 is 2.81 bits per heavy atom. The Kier molecular flexibility index (Phi) is 4.62. The van der Waals surface area contributed by atoms with Crippen LogP contribution >= 0.6 is 23.8 Å². The highest BCUT2D eigenvalue weighted by Crippen LogP contribution is 2.22. The van der Waals surface area contributed by atoms with E-state index in [1.807, 2.05) is 0 Å². The Hall–Kier alpha value is -1.48. The molecule has 0 radical (unpaired) electrons. The number of nitrogens with one attached hydrogen (secondary N) is 1. The van der Waals surface area contributed by atoms with Crippen molar-refractivity contribution in [1.82, 2.24) is 14.3 Å². The van der Waals surface area contributed by atoms with E-state index in [9.17, 15) is 8.42 Å². The van der Waals surface area contributed by atoms with Crippen molar-refractivity contribution >= 4 is 38.8 Å². The molecule has 0 bridgehead atoms. The van der Waals surface area contributed by atoms with Gasteiger partial charge in [-0.05, 0) is 12.1 Å². The molecule has 0 atom stereocenters. The minimum absolute atomic E-state index is 0.0550. The summed E-state index contributed by atoms with van der Waals surface area (Å²) in [4.78, 5) is 4.08. The molecule has 21 heavy (non-hydrogen) atoms. The zero-order chi connectivity index (χ0) is 15.6. The molecule has 1 aromatic heterocycles. The van der Waals surface area contributed by atoms with Crippen molar-refractivity contribution in [2.75, 3.05) is 0 Å². The molecule has 3 N–H and O–H groups in total. The van der Waals surface area contributed by atoms with Crippen molar-refractivity contribution in [2.45, 2.75) is 11.4 Å². The van der Waals surface area contributed by atoms with E-state index in [2.05, 4.69) is 9.71 Å². The number of aryl methyl sites for hydroxylation is 1. The molecule has 0 aliphatic rings. The van der Waals surface area contributed by atoms with Gasteiger partial charge < -0.3 is 10.3 Å². The predicted molar refractivity (Wildman–Crippen MR) is 84.6 cm³/mol. The van der Waals surface area contributed by atoms with Gasteiger partial charge in [0, 0.05) is 25.0 Å². The van der Waals surface area contributed by atoms with Gasteiger partial charge in [-0.25, -0.2) is 18.1 Å². The zero-order valence-corrected chi connectivity index (χ0v) is 13.5. The van der Waals surface area contributed by atoms with E-state index in [1.165, 1.54) is 12.1 Å². The molecule has 9 heteroatoms. The number of nitrogens with zero attached hydrogens (tertiary/aromatic N) is 2.